The molecular formula is C15H33N3O. The second-order valence-corrected chi connectivity index (χ2v) is 6.68. The monoisotopic (exact) mass is 271 g/mol. The van der Waals surface area contributed by atoms with Gasteiger partial charge in [-0.1, -0.05) is 6.92 Å². The largest absolute Gasteiger partial charge is 0.388 e. The predicted octanol–water partition coefficient (Wildman–Crippen LogP) is 1.01. The Kier molecular flexibility index (Phi) is 6.74. The Morgan fingerprint density at radius 3 is 2.42 bits per heavy atom. The zero-order valence-electron chi connectivity index (χ0n) is 13.4. The average Bonchev–Trinajstić information content (AvgIpc) is 2.34. The van der Waals surface area contributed by atoms with E-state index in [-0.39, 0.29) is 0 Å². The van der Waals surface area contributed by atoms with Gasteiger partial charge >= 0.3 is 0 Å². The van der Waals surface area contributed by atoms with Gasteiger partial charge in [-0.25, -0.2) is 0 Å². The predicted molar refractivity (Wildman–Crippen MR) is 81.5 cm³/mol. The van der Waals surface area contributed by atoms with E-state index in [0.717, 1.165) is 5.92 Å². The fourth-order valence-electron chi connectivity index (χ4n) is 3.05. The van der Waals surface area contributed by atoms with Crippen LogP contribution in [0.15, 0.2) is 0 Å². The number of piperidine rings is 1. The lowest BCUT2D eigenvalue weighted by molar-refractivity contribution is 0.0284. The maximum atomic E-state index is 10.3. The van der Waals surface area contributed by atoms with E-state index >= 15 is 0 Å². The molecule has 0 spiro atoms. The summed E-state index contributed by atoms with van der Waals surface area (Å²) in [6.45, 7) is 11.4. The number of rotatable bonds is 7. The number of likely N-dealkylation sites (tertiary alicyclic amines) is 1. The second-order valence-electron chi connectivity index (χ2n) is 6.68. The van der Waals surface area contributed by atoms with Gasteiger partial charge in [-0.3, -0.25) is 0 Å². The quantitative estimate of drug-likeness (QED) is 0.725. The van der Waals surface area contributed by atoms with Gasteiger partial charge in [0.2, 0.25) is 0 Å². The van der Waals surface area contributed by atoms with E-state index < -0.39 is 5.60 Å². The Labute approximate surface area is 119 Å². The third-order valence-corrected chi connectivity index (χ3v) is 4.25. The lowest BCUT2D eigenvalue weighted by Gasteiger charge is -2.36. The normalized spacial score (nSPS) is 23.5. The summed E-state index contributed by atoms with van der Waals surface area (Å²) in [6, 6.07) is 0.493. The Hall–Kier alpha value is -0.160. The van der Waals surface area contributed by atoms with E-state index in [2.05, 4.69) is 24.1 Å². The van der Waals surface area contributed by atoms with E-state index in [0.29, 0.717) is 19.1 Å². The molecule has 2 unspecified atom stereocenters. The van der Waals surface area contributed by atoms with E-state index in [1.807, 2.05) is 25.9 Å². The van der Waals surface area contributed by atoms with Crippen LogP contribution >= 0.6 is 0 Å². The Balaban J connectivity index is 2.29. The standard InChI is InChI=1S/C15H33N3O/c1-6-18-9-7-14(8-10-18)13(2)16-11-15(3,19)12-17(4)5/h13-14,16,19H,6-12H2,1-5H3. The molecule has 2 atom stereocenters. The first-order chi connectivity index (χ1) is 8.84. The molecule has 1 saturated heterocycles. The molecule has 19 heavy (non-hydrogen) atoms. The number of hydrogen-bond acceptors (Lipinski definition) is 4. The van der Waals surface area contributed by atoms with Crippen LogP contribution in [0, 0.1) is 5.92 Å². The van der Waals surface area contributed by atoms with Crippen LogP contribution in [0.4, 0.5) is 0 Å². The molecule has 4 heteroatoms. The molecule has 0 aliphatic carbocycles. The molecule has 114 valence electrons. The van der Waals surface area contributed by atoms with Gasteiger partial charge in [-0.05, 0) is 66.3 Å². The lowest BCUT2D eigenvalue weighted by Crippen LogP contribution is -2.50. The number of hydrogen-bond donors (Lipinski definition) is 2. The minimum atomic E-state index is -0.651. The van der Waals surface area contributed by atoms with Crippen molar-refractivity contribution >= 4 is 0 Å². The molecule has 0 aromatic rings. The number of nitrogens with zero attached hydrogens (tertiary/aromatic N) is 2. The van der Waals surface area contributed by atoms with E-state index in [9.17, 15) is 5.11 Å². The number of nitrogens with one attached hydrogen (secondary N) is 1. The minimum Gasteiger partial charge on any atom is -0.388 e. The summed E-state index contributed by atoms with van der Waals surface area (Å²) in [6.07, 6.45) is 2.55. The molecule has 1 aliphatic rings. The van der Waals surface area contributed by atoms with Crippen LogP contribution in [0.3, 0.4) is 0 Å². The van der Waals surface area contributed by atoms with E-state index in [1.165, 1.54) is 32.5 Å². The smallest absolute Gasteiger partial charge is 0.0869 e. The van der Waals surface area contributed by atoms with Crippen LogP contribution in [0.5, 0.6) is 0 Å². The second kappa shape index (κ2) is 7.58. The van der Waals surface area contributed by atoms with E-state index in [1.54, 1.807) is 0 Å². The van der Waals surface area contributed by atoms with Crippen LogP contribution in [-0.4, -0.2) is 73.4 Å². The van der Waals surface area contributed by atoms with Gasteiger partial charge < -0.3 is 20.2 Å². The summed E-state index contributed by atoms with van der Waals surface area (Å²) in [5, 5.41) is 13.8. The molecule has 1 fully saturated rings. The van der Waals surface area contributed by atoms with Gasteiger partial charge in [-0.15, -0.1) is 0 Å². The highest BCUT2D eigenvalue weighted by Crippen LogP contribution is 2.20. The highest BCUT2D eigenvalue weighted by molar-refractivity contribution is 4.84. The zero-order valence-corrected chi connectivity index (χ0v) is 13.4. The summed E-state index contributed by atoms with van der Waals surface area (Å²) in [4.78, 5) is 4.55. The topological polar surface area (TPSA) is 38.7 Å². The Morgan fingerprint density at radius 2 is 1.95 bits per heavy atom. The summed E-state index contributed by atoms with van der Waals surface area (Å²) in [5.41, 5.74) is -0.651. The van der Waals surface area contributed by atoms with Crippen LogP contribution in [0.2, 0.25) is 0 Å². The van der Waals surface area contributed by atoms with Crippen molar-refractivity contribution < 1.29 is 5.11 Å². The Bertz CT molecular complexity index is 248. The van der Waals surface area contributed by atoms with Gasteiger partial charge in [0.25, 0.3) is 0 Å². The van der Waals surface area contributed by atoms with Crippen LogP contribution in [0.25, 0.3) is 0 Å². The zero-order chi connectivity index (χ0) is 14.5. The van der Waals surface area contributed by atoms with Gasteiger partial charge in [-0.2, -0.15) is 0 Å². The molecule has 0 amide bonds. The fourth-order valence-corrected chi connectivity index (χ4v) is 3.05. The number of aliphatic hydroxyl groups is 1. The molecule has 0 saturated carbocycles. The molecule has 0 radical (unpaired) electrons. The maximum absolute atomic E-state index is 10.3. The minimum absolute atomic E-state index is 0.493. The molecule has 0 bridgehead atoms. The molecule has 0 aromatic carbocycles. The molecule has 1 heterocycles. The molecular weight excluding hydrogens is 238 g/mol. The molecule has 0 aromatic heterocycles. The SMILES string of the molecule is CCN1CCC(C(C)NCC(C)(O)CN(C)C)CC1. The lowest BCUT2D eigenvalue weighted by atomic mass is 9.90. The van der Waals surface area contributed by atoms with Crippen molar-refractivity contribution in [2.45, 2.75) is 45.3 Å². The van der Waals surface area contributed by atoms with Crippen molar-refractivity contribution in [1.82, 2.24) is 15.1 Å². The molecule has 2 N–H and O–H groups in total. The van der Waals surface area contributed by atoms with Gasteiger partial charge in [0.15, 0.2) is 0 Å². The first kappa shape index (κ1) is 16.9. The van der Waals surface area contributed by atoms with Crippen LogP contribution in [0.1, 0.15) is 33.6 Å². The van der Waals surface area contributed by atoms with E-state index in [4.69, 9.17) is 0 Å². The first-order valence-electron chi connectivity index (χ1n) is 7.67. The summed E-state index contributed by atoms with van der Waals surface area (Å²) >= 11 is 0. The van der Waals surface area contributed by atoms with Crippen molar-refractivity contribution in [1.29, 1.82) is 0 Å². The Morgan fingerprint density at radius 1 is 1.37 bits per heavy atom. The first-order valence-corrected chi connectivity index (χ1v) is 7.67. The molecule has 1 aliphatic heterocycles. The van der Waals surface area contributed by atoms with Gasteiger partial charge in [0.1, 0.15) is 0 Å². The van der Waals surface area contributed by atoms with Crippen molar-refractivity contribution in [2.75, 3.05) is 46.8 Å². The van der Waals surface area contributed by atoms with Crippen molar-refractivity contribution in [3.8, 4) is 0 Å². The van der Waals surface area contributed by atoms with Crippen LogP contribution in [-0.2, 0) is 0 Å². The number of likely N-dealkylation sites (N-methyl/N-ethyl adjacent to an activating group) is 1. The van der Waals surface area contributed by atoms with Gasteiger partial charge in [0, 0.05) is 19.1 Å². The van der Waals surface area contributed by atoms with Crippen molar-refractivity contribution in [2.24, 2.45) is 5.92 Å². The molecule has 1 rings (SSSR count). The summed E-state index contributed by atoms with van der Waals surface area (Å²) < 4.78 is 0. The average molecular weight is 271 g/mol. The summed E-state index contributed by atoms with van der Waals surface area (Å²) in [7, 11) is 4.00. The van der Waals surface area contributed by atoms with Crippen LogP contribution < -0.4 is 5.32 Å². The fraction of sp³-hybridized carbons (Fsp3) is 1.00. The molecule has 4 nitrogen and oxygen atoms in total. The van der Waals surface area contributed by atoms with Crippen molar-refractivity contribution in [3.63, 3.8) is 0 Å². The highest BCUT2D eigenvalue weighted by Gasteiger charge is 2.26. The maximum Gasteiger partial charge on any atom is 0.0869 e. The highest BCUT2D eigenvalue weighted by atomic mass is 16.3. The van der Waals surface area contributed by atoms with Gasteiger partial charge in [0.05, 0.1) is 5.60 Å². The third-order valence-electron chi connectivity index (χ3n) is 4.25. The van der Waals surface area contributed by atoms with Crippen molar-refractivity contribution in [3.05, 3.63) is 0 Å². The summed E-state index contributed by atoms with van der Waals surface area (Å²) in [5.74, 6) is 0.748. The third kappa shape index (κ3) is 6.21.